The number of allylic oxidation sites excluding steroid dienone is 1. The summed E-state index contributed by atoms with van der Waals surface area (Å²) in [5.41, 5.74) is -2.27. The van der Waals surface area contributed by atoms with Gasteiger partial charge >= 0.3 is 5.97 Å². The Morgan fingerprint density at radius 3 is 2.57 bits per heavy atom. The molecule has 4 bridgehead atoms. The first-order valence-corrected chi connectivity index (χ1v) is 13.0. The molecule has 12 atom stereocenters. The highest BCUT2D eigenvalue weighted by Gasteiger charge is 2.84. The standard InChI is InChI=1S/C27H39NO7/c1-13(2)19-8-16-9-25(11-28)18-7-6-14(3)17(18)10-26(16,27(19,25)24(31)32)12-34-23-21(30)20(29)22(33-5)15(4)35-23/h8,13-18,20-23,29-30H,6-7,9-10,12H2,1-5H3,(H,31,32)/t14?,15-,16?,17?,18?,20+,21+,22-,23-,25+,26-,27?/m1/s1. The molecule has 0 aromatic heterocycles. The summed E-state index contributed by atoms with van der Waals surface area (Å²) in [6, 6.07) is 2.62. The number of carboxylic acid groups (broad SMARTS) is 1. The maximum atomic E-state index is 13.5. The van der Waals surface area contributed by atoms with Crippen molar-refractivity contribution in [2.24, 2.45) is 45.8 Å². The zero-order chi connectivity index (χ0) is 25.5. The molecule has 5 unspecified atom stereocenters. The molecule has 3 N–H and O–H groups in total. The number of nitriles is 1. The third kappa shape index (κ3) is 2.88. The Hall–Kier alpha value is -1.50. The van der Waals surface area contributed by atoms with Crippen molar-refractivity contribution in [2.45, 2.75) is 84.1 Å². The van der Waals surface area contributed by atoms with E-state index in [1.54, 1.807) is 6.92 Å². The van der Waals surface area contributed by atoms with Crippen LogP contribution in [0.25, 0.3) is 0 Å². The van der Waals surface area contributed by atoms with Crippen LogP contribution in [0.15, 0.2) is 11.6 Å². The van der Waals surface area contributed by atoms with E-state index in [0.717, 1.165) is 18.4 Å². The van der Waals surface area contributed by atoms with Crippen molar-refractivity contribution in [3.63, 3.8) is 0 Å². The van der Waals surface area contributed by atoms with Gasteiger partial charge in [0.2, 0.25) is 0 Å². The lowest BCUT2D eigenvalue weighted by atomic mass is 9.43. The Labute approximate surface area is 207 Å². The number of nitrogens with zero attached hydrogens (tertiary/aromatic N) is 1. The Morgan fingerprint density at radius 2 is 1.97 bits per heavy atom. The number of aliphatic hydroxyl groups excluding tert-OH is 2. The first-order valence-electron chi connectivity index (χ1n) is 13.0. The lowest BCUT2D eigenvalue weighted by Gasteiger charge is -2.57. The van der Waals surface area contributed by atoms with E-state index < -0.39 is 52.9 Å². The number of rotatable bonds is 6. The molecule has 1 heterocycles. The molecule has 3 saturated carbocycles. The molecule has 0 amide bonds. The van der Waals surface area contributed by atoms with Gasteiger partial charge < -0.3 is 29.5 Å². The molecule has 5 aliphatic rings. The van der Waals surface area contributed by atoms with E-state index in [9.17, 15) is 25.4 Å². The van der Waals surface area contributed by atoms with Gasteiger partial charge in [-0.3, -0.25) is 4.79 Å². The van der Waals surface area contributed by atoms with Crippen molar-refractivity contribution in [2.75, 3.05) is 13.7 Å². The fourth-order valence-corrected chi connectivity index (χ4v) is 9.24. The van der Waals surface area contributed by atoms with E-state index >= 15 is 0 Å². The molecule has 0 aromatic rings. The molecule has 4 fully saturated rings. The minimum absolute atomic E-state index is 0.0142. The number of aliphatic hydroxyl groups is 2. The van der Waals surface area contributed by atoms with Crippen LogP contribution in [0.4, 0.5) is 0 Å². The van der Waals surface area contributed by atoms with Crippen LogP contribution < -0.4 is 0 Å². The molecule has 4 aliphatic carbocycles. The van der Waals surface area contributed by atoms with Crippen LogP contribution in [0.1, 0.15) is 53.4 Å². The number of carbonyl (C=O) groups is 1. The van der Waals surface area contributed by atoms with Crippen LogP contribution in [0.2, 0.25) is 0 Å². The summed E-state index contributed by atoms with van der Waals surface area (Å²) >= 11 is 0. The number of ether oxygens (including phenoxy) is 3. The third-order valence-electron chi connectivity index (χ3n) is 10.6. The quantitative estimate of drug-likeness (QED) is 0.486. The fraction of sp³-hybridized carbons (Fsp3) is 0.852. The largest absolute Gasteiger partial charge is 0.481 e. The van der Waals surface area contributed by atoms with Crippen LogP contribution in [0.3, 0.4) is 0 Å². The third-order valence-corrected chi connectivity index (χ3v) is 10.6. The maximum Gasteiger partial charge on any atom is 0.316 e. The van der Waals surface area contributed by atoms with Crippen molar-refractivity contribution < 1.29 is 34.3 Å². The monoisotopic (exact) mass is 489 g/mol. The normalized spacial score (nSPS) is 52.3. The van der Waals surface area contributed by atoms with Crippen molar-refractivity contribution in [3.8, 4) is 6.07 Å². The molecular formula is C27H39NO7. The Bertz CT molecular complexity index is 960. The number of hydrogen-bond acceptors (Lipinski definition) is 7. The van der Waals surface area contributed by atoms with Crippen LogP contribution in [-0.2, 0) is 19.0 Å². The van der Waals surface area contributed by atoms with Crippen molar-refractivity contribution in [3.05, 3.63) is 11.6 Å². The van der Waals surface area contributed by atoms with Gasteiger partial charge in [0.1, 0.15) is 23.7 Å². The first-order chi connectivity index (χ1) is 16.5. The molecule has 0 aromatic carbocycles. The van der Waals surface area contributed by atoms with Gasteiger partial charge in [-0.05, 0) is 55.8 Å². The van der Waals surface area contributed by atoms with E-state index in [1.807, 2.05) is 13.8 Å². The summed E-state index contributed by atoms with van der Waals surface area (Å²) in [7, 11) is 1.45. The summed E-state index contributed by atoms with van der Waals surface area (Å²) in [5, 5.41) is 43.1. The number of fused-ring (bicyclic) bond motifs is 2. The Morgan fingerprint density at radius 1 is 1.26 bits per heavy atom. The van der Waals surface area contributed by atoms with Crippen LogP contribution in [0, 0.1) is 57.2 Å². The van der Waals surface area contributed by atoms with Crippen LogP contribution in [0.5, 0.6) is 0 Å². The van der Waals surface area contributed by atoms with E-state index in [-0.39, 0.29) is 30.3 Å². The zero-order valence-electron chi connectivity index (χ0n) is 21.3. The van der Waals surface area contributed by atoms with Crippen LogP contribution in [-0.4, -0.2) is 65.7 Å². The van der Waals surface area contributed by atoms with Crippen LogP contribution >= 0.6 is 0 Å². The van der Waals surface area contributed by atoms with Crippen molar-refractivity contribution >= 4 is 5.97 Å². The SMILES string of the molecule is CO[C@H]1[C@@H](O)[C@H](O)[C@H](OC[C@]23CC4C(C)CCC4[C@@]4(C#N)CC2C=C(C(C)C)C34C(=O)O)O[C@@H]1C. The molecule has 1 aliphatic heterocycles. The fourth-order valence-electron chi connectivity index (χ4n) is 9.24. The average molecular weight is 490 g/mol. The topological polar surface area (TPSA) is 129 Å². The van der Waals surface area contributed by atoms with E-state index in [2.05, 4.69) is 19.1 Å². The molecule has 194 valence electrons. The number of hydrogen-bond donors (Lipinski definition) is 3. The highest BCUT2D eigenvalue weighted by Crippen LogP contribution is 2.83. The molecule has 1 saturated heterocycles. The van der Waals surface area contributed by atoms with Crippen molar-refractivity contribution in [1.82, 2.24) is 0 Å². The highest BCUT2D eigenvalue weighted by atomic mass is 16.7. The summed E-state index contributed by atoms with van der Waals surface area (Å²) in [6.07, 6.45) is 0.397. The average Bonchev–Trinajstić information content (AvgIpc) is 3.38. The van der Waals surface area contributed by atoms with E-state index in [0.29, 0.717) is 18.8 Å². The summed E-state index contributed by atoms with van der Waals surface area (Å²) in [5.74, 6) is -0.309. The number of carboxylic acids is 1. The van der Waals surface area contributed by atoms with E-state index in [4.69, 9.17) is 14.2 Å². The molecule has 35 heavy (non-hydrogen) atoms. The molecule has 8 heteroatoms. The smallest absolute Gasteiger partial charge is 0.316 e. The zero-order valence-corrected chi connectivity index (χ0v) is 21.3. The summed E-state index contributed by atoms with van der Waals surface area (Å²) < 4.78 is 17.4. The Kier molecular flexibility index (Phi) is 5.94. The summed E-state index contributed by atoms with van der Waals surface area (Å²) in [6.45, 7) is 8.05. The minimum Gasteiger partial charge on any atom is -0.481 e. The first kappa shape index (κ1) is 25.2. The maximum absolute atomic E-state index is 13.5. The minimum atomic E-state index is -1.34. The van der Waals surface area contributed by atoms with Gasteiger partial charge in [-0.1, -0.05) is 38.8 Å². The summed E-state index contributed by atoms with van der Waals surface area (Å²) in [4.78, 5) is 13.5. The predicted octanol–water partition coefficient (Wildman–Crippen LogP) is 2.73. The number of aliphatic carboxylic acids is 1. The Balaban J connectivity index is 1.57. The van der Waals surface area contributed by atoms with Gasteiger partial charge in [-0.2, -0.15) is 5.26 Å². The van der Waals surface area contributed by atoms with Gasteiger partial charge in [0, 0.05) is 12.5 Å². The highest BCUT2D eigenvalue weighted by molar-refractivity contribution is 5.85. The lowest BCUT2D eigenvalue weighted by molar-refractivity contribution is -0.306. The molecular weight excluding hydrogens is 450 g/mol. The lowest BCUT2D eigenvalue weighted by Crippen LogP contribution is -2.63. The molecule has 0 radical (unpaired) electrons. The van der Waals surface area contributed by atoms with Gasteiger partial charge in [-0.15, -0.1) is 0 Å². The van der Waals surface area contributed by atoms with Gasteiger partial charge in [0.05, 0.1) is 24.2 Å². The van der Waals surface area contributed by atoms with Crippen molar-refractivity contribution in [1.29, 1.82) is 5.26 Å². The molecule has 8 nitrogen and oxygen atoms in total. The van der Waals surface area contributed by atoms with E-state index in [1.165, 1.54) is 7.11 Å². The predicted molar refractivity (Wildman–Crippen MR) is 125 cm³/mol. The van der Waals surface area contributed by atoms with Gasteiger partial charge in [0.25, 0.3) is 0 Å². The second-order valence-corrected chi connectivity index (χ2v) is 12.1. The van der Waals surface area contributed by atoms with Gasteiger partial charge in [-0.25, -0.2) is 0 Å². The molecule has 0 spiro atoms. The number of methoxy groups -OCH3 is 1. The molecule has 5 rings (SSSR count). The van der Waals surface area contributed by atoms with Gasteiger partial charge in [0.15, 0.2) is 6.29 Å². The second kappa shape index (κ2) is 8.26. The second-order valence-electron chi connectivity index (χ2n) is 12.1.